The predicted octanol–water partition coefficient (Wildman–Crippen LogP) is 3.29. The molecule has 2 aromatic rings. The highest BCUT2D eigenvalue weighted by atomic mass is 15.1. The molecule has 0 saturated carbocycles. The lowest BCUT2D eigenvalue weighted by Crippen LogP contribution is -2.12. The van der Waals surface area contributed by atoms with E-state index >= 15 is 0 Å². The second kappa shape index (κ2) is 5.13. The maximum absolute atomic E-state index is 3.15. The van der Waals surface area contributed by atoms with Crippen LogP contribution in [-0.2, 0) is 0 Å². The van der Waals surface area contributed by atoms with Crippen LogP contribution in [0.1, 0.15) is 0 Å². The minimum Gasteiger partial charge on any atom is -0.377 e. The molecule has 0 aliphatic carbocycles. The van der Waals surface area contributed by atoms with Gasteiger partial charge in [-0.3, -0.25) is 0 Å². The molecule has 0 N–H and O–H groups in total. The van der Waals surface area contributed by atoms with Crippen molar-refractivity contribution in [3.63, 3.8) is 0 Å². The molecule has 0 fully saturated rings. The van der Waals surface area contributed by atoms with Gasteiger partial charge < -0.3 is 9.80 Å². The van der Waals surface area contributed by atoms with Gasteiger partial charge in [-0.25, -0.2) is 0 Å². The summed E-state index contributed by atoms with van der Waals surface area (Å²) in [5.74, 6) is 0. The molecule has 0 aliphatic rings. The highest BCUT2D eigenvalue weighted by Gasteiger charge is 2.10. The topological polar surface area (TPSA) is 6.48 Å². The second-order valence-electron chi connectivity index (χ2n) is 4.75. The fourth-order valence-electron chi connectivity index (χ4n) is 2.11. The minimum atomic E-state index is 1.19. The van der Waals surface area contributed by atoms with Crippen molar-refractivity contribution < 1.29 is 0 Å². The van der Waals surface area contributed by atoms with Gasteiger partial charge >= 0.3 is 0 Å². The summed E-state index contributed by atoms with van der Waals surface area (Å²) in [4.78, 5) is 4.27. The first-order chi connectivity index (χ1) is 8.61. The van der Waals surface area contributed by atoms with E-state index in [1.807, 2.05) is 12.1 Å². The van der Waals surface area contributed by atoms with Gasteiger partial charge in [0.25, 0.3) is 0 Å². The van der Waals surface area contributed by atoms with E-state index in [9.17, 15) is 0 Å². The average Bonchev–Trinajstić information content (AvgIpc) is 2.38. The van der Waals surface area contributed by atoms with Gasteiger partial charge in [0.2, 0.25) is 0 Å². The van der Waals surface area contributed by atoms with Crippen molar-refractivity contribution in [2.45, 2.75) is 0 Å². The maximum atomic E-state index is 3.15. The Balaban J connectivity index is 2.62. The molecule has 0 spiro atoms. The lowest BCUT2D eigenvalue weighted by atomic mass is 10.0. The Morgan fingerprint density at radius 1 is 0.778 bits per heavy atom. The van der Waals surface area contributed by atoms with Gasteiger partial charge in [0.15, 0.2) is 0 Å². The van der Waals surface area contributed by atoms with Gasteiger partial charge in [-0.15, -0.1) is 0 Å². The number of nitrogens with zero attached hydrogens (tertiary/aromatic N) is 2. The number of anilines is 2. The van der Waals surface area contributed by atoms with Crippen LogP contribution >= 0.6 is 0 Å². The van der Waals surface area contributed by atoms with Crippen LogP contribution in [0.25, 0.3) is 11.1 Å². The van der Waals surface area contributed by atoms with Crippen LogP contribution in [0.2, 0.25) is 0 Å². The Bertz CT molecular complexity index is 481. The molecular formula is C16H19N2. The standard InChI is InChI=1S/C16H19N2/c1-17(2)15-11-7-5-9-13(15)14-10-6-8-12-16(14)18(3)4/h5-7,9-12H,1-4H3. The minimum absolute atomic E-state index is 1.19. The largest absolute Gasteiger partial charge is 0.377 e. The maximum Gasteiger partial charge on any atom is 0.0447 e. The van der Waals surface area contributed by atoms with Crippen LogP contribution in [0, 0.1) is 6.07 Å². The van der Waals surface area contributed by atoms with Crippen LogP contribution in [0.3, 0.4) is 0 Å². The Labute approximate surface area is 109 Å². The summed E-state index contributed by atoms with van der Waals surface area (Å²) in [5, 5.41) is 0. The average molecular weight is 239 g/mol. The van der Waals surface area contributed by atoms with Crippen molar-refractivity contribution in [1.29, 1.82) is 0 Å². The molecule has 0 bridgehead atoms. The van der Waals surface area contributed by atoms with Crippen molar-refractivity contribution in [2.75, 3.05) is 38.0 Å². The molecule has 2 heteroatoms. The van der Waals surface area contributed by atoms with Gasteiger partial charge in [0.05, 0.1) is 0 Å². The Morgan fingerprint density at radius 3 is 2.06 bits per heavy atom. The lowest BCUT2D eigenvalue weighted by Gasteiger charge is -2.22. The zero-order chi connectivity index (χ0) is 13.1. The lowest BCUT2D eigenvalue weighted by molar-refractivity contribution is 1.12. The molecule has 0 unspecified atom stereocenters. The van der Waals surface area contributed by atoms with Crippen molar-refractivity contribution in [3.05, 3.63) is 48.5 Å². The Kier molecular flexibility index (Phi) is 3.56. The molecule has 93 valence electrons. The molecule has 1 radical (unpaired) electrons. The van der Waals surface area contributed by atoms with Gasteiger partial charge in [-0.05, 0) is 18.2 Å². The van der Waals surface area contributed by atoms with E-state index in [1.165, 1.54) is 22.5 Å². The smallest absolute Gasteiger partial charge is 0.0447 e. The fourth-order valence-corrected chi connectivity index (χ4v) is 2.11. The summed E-state index contributed by atoms with van der Waals surface area (Å²) in [6, 6.07) is 17.7. The second-order valence-corrected chi connectivity index (χ2v) is 4.75. The van der Waals surface area contributed by atoms with E-state index in [-0.39, 0.29) is 0 Å². The van der Waals surface area contributed by atoms with E-state index in [2.05, 4.69) is 74.4 Å². The third-order valence-corrected chi connectivity index (χ3v) is 3.00. The van der Waals surface area contributed by atoms with Gasteiger partial charge in [-0.2, -0.15) is 0 Å². The summed E-state index contributed by atoms with van der Waals surface area (Å²) >= 11 is 0. The van der Waals surface area contributed by atoms with Crippen LogP contribution < -0.4 is 9.80 Å². The molecule has 0 saturated heterocycles. The summed E-state index contributed by atoms with van der Waals surface area (Å²) in [6.45, 7) is 0. The zero-order valence-corrected chi connectivity index (χ0v) is 11.4. The van der Waals surface area contributed by atoms with Crippen molar-refractivity contribution in [2.24, 2.45) is 0 Å². The van der Waals surface area contributed by atoms with Crippen molar-refractivity contribution >= 4 is 11.4 Å². The van der Waals surface area contributed by atoms with Gasteiger partial charge in [0, 0.05) is 50.7 Å². The monoisotopic (exact) mass is 239 g/mol. The predicted molar refractivity (Wildman–Crippen MR) is 79.4 cm³/mol. The van der Waals surface area contributed by atoms with Crippen LogP contribution in [-0.4, -0.2) is 28.2 Å². The molecule has 0 aromatic heterocycles. The third-order valence-electron chi connectivity index (χ3n) is 3.00. The number of para-hydroxylation sites is 1. The van der Waals surface area contributed by atoms with Crippen LogP contribution in [0.5, 0.6) is 0 Å². The Hall–Kier alpha value is -1.96. The SMILES string of the molecule is CN(C)c1c[c]ccc1-c1ccccc1N(C)C. The molecule has 18 heavy (non-hydrogen) atoms. The Morgan fingerprint density at radius 2 is 1.39 bits per heavy atom. The molecule has 0 aliphatic heterocycles. The summed E-state index contributed by atoms with van der Waals surface area (Å²) < 4.78 is 0. The van der Waals surface area contributed by atoms with Crippen molar-refractivity contribution in [1.82, 2.24) is 0 Å². The van der Waals surface area contributed by atoms with Gasteiger partial charge in [-0.1, -0.05) is 30.3 Å². The van der Waals surface area contributed by atoms with E-state index in [0.717, 1.165) is 0 Å². The molecule has 2 nitrogen and oxygen atoms in total. The first-order valence-corrected chi connectivity index (χ1v) is 6.05. The summed E-state index contributed by atoms with van der Waals surface area (Å²) in [6.07, 6.45) is 0. The molecule has 2 aromatic carbocycles. The zero-order valence-electron chi connectivity index (χ0n) is 11.4. The molecule has 0 amide bonds. The first kappa shape index (κ1) is 12.5. The molecular weight excluding hydrogens is 220 g/mol. The quantitative estimate of drug-likeness (QED) is 0.811. The summed E-state index contributed by atoms with van der Waals surface area (Å²) in [7, 11) is 8.27. The molecule has 0 heterocycles. The number of hydrogen-bond donors (Lipinski definition) is 0. The third kappa shape index (κ3) is 2.33. The fraction of sp³-hybridized carbons (Fsp3) is 0.250. The number of hydrogen-bond acceptors (Lipinski definition) is 2. The molecule has 2 rings (SSSR count). The van der Waals surface area contributed by atoms with E-state index < -0.39 is 0 Å². The van der Waals surface area contributed by atoms with Crippen LogP contribution in [0.4, 0.5) is 11.4 Å². The van der Waals surface area contributed by atoms with E-state index in [1.54, 1.807) is 0 Å². The normalized spacial score (nSPS) is 10.2. The number of benzene rings is 2. The highest BCUT2D eigenvalue weighted by Crippen LogP contribution is 2.35. The highest BCUT2D eigenvalue weighted by molar-refractivity contribution is 5.86. The van der Waals surface area contributed by atoms with E-state index in [0.29, 0.717) is 0 Å². The first-order valence-electron chi connectivity index (χ1n) is 6.05. The molecule has 0 atom stereocenters. The van der Waals surface area contributed by atoms with E-state index in [4.69, 9.17) is 0 Å². The van der Waals surface area contributed by atoms with Gasteiger partial charge in [0.1, 0.15) is 0 Å². The van der Waals surface area contributed by atoms with Crippen molar-refractivity contribution in [3.8, 4) is 11.1 Å². The summed E-state index contributed by atoms with van der Waals surface area (Å²) in [5.41, 5.74) is 4.90. The van der Waals surface area contributed by atoms with Crippen LogP contribution in [0.15, 0.2) is 42.5 Å². The number of rotatable bonds is 3.